The average Bonchev–Trinajstić information content (AvgIpc) is 2.42. The normalized spacial score (nSPS) is 18.4. The number of carbonyl (C=O) groups is 2. The van der Waals surface area contributed by atoms with Crippen LogP contribution in [-0.4, -0.2) is 36.0 Å². The van der Waals surface area contributed by atoms with Gasteiger partial charge in [0.2, 0.25) is 0 Å². The van der Waals surface area contributed by atoms with Gasteiger partial charge in [-0.25, -0.2) is 4.79 Å². The maximum absolute atomic E-state index is 12.1. The summed E-state index contributed by atoms with van der Waals surface area (Å²) >= 11 is 0. The number of nitrogens with zero attached hydrogens (tertiary/aromatic N) is 1. The van der Waals surface area contributed by atoms with Crippen LogP contribution in [0.15, 0.2) is 30.3 Å². The Labute approximate surface area is 125 Å². The summed E-state index contributed by atoms with van der Waals surface area (Å²) in [6.45, 7) is 2.71. The first-order chi connectivity index (χ1) is 9.22. The highest BCUT2D eigenvalue weighted by molar-refractivity contribution is 5.88. The van der Waals surface area contributed by atoms with E-state index in [1.54, 1.807) is 11.8 Å². The van der Waals surface area contributed by atoms with Gasteiger partial charge in [-0.05, 0) is 18.9 Å². The molecule has 1 atom stereocenters. The Balaban J connectivity index is 0.00000200. The summed E-state index contributed by atoms with van der Waals surface area (Å²) in [5, 5.41) is 0. The van der Waals surface area contributed by atoms with Crippen LogP contribution >= 0.6 is 12.4 Å². The third-order valence-electron chi connectivity index (χ3n) is 3.34. The quantitative estimate of drug-likeness (QED) is 0.862. The molecule has 0 N–H and O–H groups in total. The summed E-state index contributed by atoms with van der Waals surface area (Å²) in [6.07, 6.45) is 1.46. The molecule has 20 heavy (non-hydrogen) atoms. The Bertz CT molecular complexity index is 450. The van der Waals surface area contributed by atoms with Crippen molar-refractivity contribution in [3.63, 3.8) is 0 Å². The highest BCUT2D eigenvalue weighted by Crippen LogP contribution is 2.19. The third kappa shape index (κ3) is 3.97. The van der Waals surface area contributed by atoms with Gasteiger partial charge in [-0.1, -0.05) is 30.3 Å². The number of halogens is 1. The Hall–Kier alpha value is -1.55. The molecule has 0 aliphatic carbocycles. The van der Waals surface area contributed by atoms with Crippen LogP contribution < -0.4 is 0 Å². The molecule has 1 saturated heterocycles. The van der Waals surface area contributed by atoms with E-state index in [1.807, 2.05) is 30.3 Å². The second kappa shape index (κ2) is 7.90. The number of amides is 1. The number of likely N-dealkylation sites (tertiary alicyclic amines) is 1. The van der Waals surface area contributed by atoms with Crippen molar-refractivity contribution in [3.8, 4) is 0 Å². The van der Waals surface area contributed by atoms with Crippen LogP contribution in [0.4, 0.5) is 4.79 Å². The van der Waals surface area contributed by atoms with E-state index in [-0.39, 0.29) is 30.3 Å². The monoisotopic (exact) mass is 297 g/mol. The lowest BCUT2D eigenvalue weighted by molar-refractivity contribution is -0.126. The molecule has 0 aromatic heterocycles. The number of benzene rings is 1. The van der Waals surface area contributed by atoms with Gasteiger partial charge >= 0.3 is 6.09 Å². The minimum atomic E-state index is -0.379. The van der Waals surface area contributed by atoms with Gasteiger partial charge in [0.25, 0.3) is 0 Å². The van der Waals surface area contributed by atoms with Crippen LogP contribution in [0.3, 0.4) is 0 Å². The molecule has 1 aromatic rings. The van der Waals surface area contributed by atoms with Crippen LogP contribution in [0.5, 0.6) is 0 Å². The molecule has 110 valence electrons. The van der Waals surface area contributed by atoms with Crippen LogP contribution in [0.2, 0.25) is 0 Å². The Morgan fingerprint density at radius 1 is 1.35 bits per heavy atom. The lowest BCUT2D eigenvalue weighted by atomic mass is 9.95. The van der Waals surface area contributed by atoms with E-state index in [4.69, 9.17) is 4.74 Å². The zero-order valence-electron chi connectivity index (χ0n) is 11.6. The number of ether oxygens (including phenoxy) is 1. The molecular weight excluding hydrogens is 278 g/mol. The molecule has 1 fully saturated rings. The molecular formula is C15H20ClNO3. The summed E-state index contributed by atoms with van der Waals surface area (Å²) in [5.74, 6) is 0.128. The number of ketones is 1. The maximum atomic E-state index is 12.1. The predicted molar refractivity (Wildman–Crippen MR) is 79.2 cm³/mol. The minimum Gasteiger partial charge on any atom is -0.450 e. The smallest absolute Gasteiger partial charge is 0.410 e. The SMILES string of the molecule is CCOC(=O)N1CCCC(=O)C1Cc1ccccc1.Cl. The third-order valence-corrected chi connectivity index (χ3v) is 3.34. The van der Waals surface area contributed by atoms with Crippen molar-refractivity contribution in [2.24, 2.45) is 0 Å². The van der Waals surface area contributed by atoms with Gasteiger partial charge in [0, 0.05) is 19.4 Å². The molecule has 0 spiro atoms. The molecule has 0 radical (unpaired) electrons. The summed E-state index contributed by atoms with van der Waals surface area (Å²) in [7, 11) is 0. The number of piperidine rings is 1. The van der Waals surface area contributed by atoms with Crippen molar-refractivity contribution >= 4 is 24.3 Å². The number of hydrogen-bond acceptors (Lipinski definition) is 3. The first kappa shape index (κ1) is 16.5. The van der Waals surface area contributed by atoms with E-state index >= 15 is 0 Å². The molecule has 4 nitrogen and oxygen atoms in total. The Morgan fingerprint density at radius 3 is 2.70 bits per heavy atom. The summed E-state index contributed by atoms with van der Waals surface area (Å²) in [4.78, 5) is 25.5. The van der Waals surface area contributed by atoms with Crippen molar-refractivity contribution in [3.05, 3.63) is 35.9 Å². The lowest BCUT2D eigenvalue weighted by Gasteiger charge is -2.33. The van der Waals surface area contributed by atoms with Gasteiger partial charge in [-0.3, -0.25) is 9.69 Å². The molecule has 1 heterocycles. The topological polar surface area (TPSA) is 46.6 Å². The van der Waals surface area contributed by atoms with Crippen molar-refractivity contribution in [2.45, 2.75) is 32.2 Å². The first-order valence-electron chi connectivity index (χ1n) is 6.72. The summed E-state index contributed by atoms with van der Waals surface area (Å²) in [6, 6.07) is 9.40. The van der Waals surface area contributed by atoms with Gasteiger partial charge in [0.15, 0.2) is 5.78 Å². The number of Topliss-reactive ketones (excluding diaryl/α,β-unsaturated/α-hetero) is 1. The number of rotatable bonds is 3. The largest absolute Gasteiger partial charge is 0.450 e. The van der Waals surface area contributed by atoms with E-state index in [0.717, 1.165) is 12.0 Å². The van der Waals surface area contributed by atoms with Crippen LogP contribution in [0.25, 0.3) is 0 Å². The molecule has 0 bridgehead atoms. The van der Waals surface area contributed by atoms with Gasteiger partial charge in [-0.15, -0.1) is 12.4 Å². The Morgan fingerprint density at radius 2 is 2.05 bits per heavy atom. The standard InChI is InChI=1S/C15H19NO3.ClH/c1-2-19-15(18)16-10-6-9-14(17)13(16)11-12-7-4-3-5-8-12;/h3-5,7-8,13H,2,6,9-11H2,1H3;1H. The Kier molecular flexibility index (Phi) is 6.52. The second-order valence-electron chi connectivity index (χ2n) is 4.67. The predicted octanol–water partition coefficient (Wildman–Crippen LogP) is 2.84. The zero-order valence-corrected chi connectivity index (χ0v) is 12.4. The fourth-order valence-electron chi connectivity index (χ4n) is 2.41. The van der Waals surface area contributed by atoms with Crippen LogP contribution in [0, 0.1) is 0 Å². The highest BCUT2D eigenvalue weighted by Gasteiger charge is 2.33. The molecule has 1 aliphatic rings. The van der Waals surface area contributed by atoms with Crippen molar-refractivity contribution in [2.75, 3.05) is 13.2 Å². The van der Waals surface area contributed by atoms with Gasteiger partial charge in [0.1, 0.15) is 0 Å². The fraction of sp³-hybridized carbons (Fsp3) is 0.467. The minimum absolute atomic E-state index is 0. The van der Waals surface area contributed by atoms with E-state index < -0.39 is 0 Å². The molecule has 5 heteroatoms. The highest BCUT2D eigenvalue weighted by atomic mass is 35.5. The van der Waals surface area contributed by atoms with E-state index in [2.05, 4.69) is 0 Å². The first-order valence-corrected chi connectivity index (χ1v) is 6.72. The lowest BCUT2D eigenvalue weighted by Crippen LogP contribution is -2.50. The second-order valence-corrected chi connectivity index (χ2v) is 4.67. The molecule has 2 rings (SSSR count). The van der Waals surface area contributed by atoms with E-state index in [9.17, 15) is 9.59 Å². The molecule has 1 unspecified atom stereocenters. The molecule has 1 amide bonds. The maximum Gasteiger partial charge on any atom is 0.410 e. The summed E-state index contributed by atoms with van der Waals surface area (Å²) in [5.41, 5.74) is 1.07. The van der Waals surface area contributed by atoms with Gasteiger partial charge in [-0.2, -0.15) is 0 Å². The van der Waals surface area contributed by atoms with Gasteiger partial charge < -0.3 is 4.74 Å². The average molecular weight is 298 g/mol. The fourth-order valence-corrected chi connectivity index (χ4v) is 2.41. The van der Waals surface area contributed by atoms with Crippen molar-refractivity contribution in [1.29, 1.82) is 0 Å². The number of hydrogen-bond donors (Lipinski definition) is 0. The van der Waals surface area contributed by atoms with Crippen LogP contribution in [0.1, 0.15) is 25.3 Å². The van der Waals surface area contributed by atoms with E-state index in [1.165, 1.54) is 0 Å². The molecule has 0 saturated carbocycles. The van der Waals surface area contributed by atoms with Gasteiger partial charge in [0.05, 0.1) is 12.6 Å². The van der Waals surface area contributed by atoms with Crippen molar-refractivity contribution < 1.29 is 14.3 Å². The molecule has 1 aromatic carbocycles. The van der Waals surface area contributed by atoms with E-state index in [0.29, 0.717) is 26.0 Å². The molecule has 1 aliphatic heterocycles. The summed E-state index contributed by atoms with van der Waals surface area (Å²) < 4.78 is 5.03. The number of carbonyl (C=O) groups excluding carboxylic acids is 2. The zero-order chi connectivity index (χ0) is 13.7. The van der Waals surface area contributed by atoms with Crippen molar-refractivity contribution in [1.82, 2.24) is 4.90 Å². The van der Waals surface area contributed by atoms with Crippen LogP contribution in [-0.2, 0) is 16.0 Å².